The van der Waals surface area contributed by atoms with Crippen molar-refractivity contribution < 1.29 is 14.7 Å². The lowest BCUT2D eigenvalue weighted by molar-refractivity contribution is -0.132. The van der Waals surface area contributed by atoms with Gasteiger partial charge < -0.3 is 5.11 Å². The number of hydrogen-bond donors (Lipinski definition) is 2. The van der Waals surface area contributed by atoms with Crippen LogP contribution in [0.3, 0.4) is 0 Å². The smallest absolute Gasteiger partial charge is 0.395 e. The number of nitrogens with zero attached hydrogens (tertiary/aromatic N) is 1. The average Bonchev–Trinajstić information content (AvgIpc) is 2.04. The summed E-state index contributed by atoms with van der Waals surface area (Å²) >= 11 is 0. The van der Waals surface area contributed by atoms with Crippen LogP contribution in [0.2, 0.25) is 0 Å². The summed E-state index contributed by atoms with van der Waals surface area (Å²) in [7, 11) is 0. The third kappa shape index (κ3) is 1.39. The van der Waals surface area contributed by atoms with Crippen LogP contribution in [0, 0.1) is 5.41 Å². The van der Waals surface area contributed by atoms with Gasteiger partial charge in [-0.15, -0.1) is 0 Å². The molecule has 1 heterocycles. The topological polar surface area (TPSA) is 83.2 Å². The molecule has 2 N–H and O–H groups in total. The Morgan fingerprint density at radius 1 is 1.42 bits per heavy atom. The Kier molecular flexibility index (Phi) is 2.05. The summed E-state index contributed by atoms with van der Waals surface area (Å²) in [6, 6.07) is 4.37. The van der Waals surface area contributed by atoms with Gasteiger partial charge in [0.2, 0.25) is 0 Å². The van der Waals surface area contributed by atoms with E-state index >= 15 is 0 Å². The summed E-state index contributed by atoms with van der Waals surface area (Å²) < 4.78 is 0.752. The zero-order valence-corrected chi connectivity index (χ0v) is 6.02. The Bertz CT molecular complexity index is 380. The maximum atomic E-state index is 10.8. The molecule has 0 bridgehead atoms. The van der Waals surface area contributed by atoms with Crippen LogP contribution in [-0.2, 0) is 4.79 Å². The van der Waals surface area contributed by atoms with Crippen molar-refractivity contribution in [1.82, 2.24) is 4.57 Å². The molecule has 0 aliphatic carbocycles. The number of carbonyl (C=O) groups excluding carboxylic acids is 1. The van der Waals surface area contributed by atoms with Crippen LogP contribution in [0.15, 0.2) is 24.4 Å². The lowest BCUT2D eigenvalue weighted by Gasteiger charge is -1.98. The predicted molar refractivity (Wildman–Crippen MR) is 38.5 cm³/mol. The van der Waals surface area contributed by atoms with E-state index in [4.69, 9.17) is 10.5 Å². The fourth-order valence-corrected chi connectivity index (χ4v) is 0.723. The molecule has 0 saturated heterocycles. The van der Waals surface area contributed by atoms with Crippen molar-refractivity contribution in [3.63, 3.8) is 0 Å². The SMILES string of the molecule is N=c1ccccn1C(=O)C(=O)O. The Balaban J connectivity index is 3.21. The minimum atomic E-state index is -1.57. The van der Waals surface area contributed by atoms with Crippen molar-refractivity contribution in [2.24, 2.45) is 0 Å². The van der Waals surface area contributed by atoms with Crippen LogP contribution < -0.4 is 5.49 Å². The number of aromatic nitrogens is 1. The molecule has 0 aliphatic rings. The second-order valence-electron chi connectivity index (χ2n) is 2.07. The molecule has 0 spiro atoms. The van der Waals surface area contributed by atoms with Crippen molar-refractivity contribution in [2.75, 3.05) is 0 Å². The standard InChI is InChI=1S/C7H6N2O3/c8-5-3-1-2-4-9(5)6(10)7(11)12/h1-4,8H,(H,11,12). The van der Waals surface area contributed by atoms with E-state index in [9.17, 15) is 9.59 Å². The highest BCUT2D eigenvalue weighted by Crippen LogP contribution is 1.82. The molecule has 0 aliphatic heterocycles. The van der Waals surface area contributed by atoms with E-state index in [1.165, 1.54) is 18.3 Å². The summed E-state index contributed by atoms with van der Waals surface area (Å²) in [6.45, 7) is 0. The number of rotatable bonds is 0. The Morgan fingerprint density at radius 2 is 2.08 bits per heavy atom. The number of carbonyl (C=O) groups is 2. The predicted octanol–water partition coefficient (Wildman–Crippen LogP) is -0.308. The maximum Gasteiger partial charge on any atom is 0.395 e. The molecule has 0 unspecified atom stereocenters. The van der Waals surface area contributed by atoms with Crippen LogP contribution in [0.5, 0.6) is 0 Å². The summed E-state index contributed by atoms with van der Waals surface area (Å²) in [4.78, 5) is 21.0. The third-order valence-electron chi connectivity index (χ3n) is 1.26. The van der Waals surface area contributed by atoms with E-state index < -0.39 is 11.9 Å². The van der Waals surface area contributed by atoms with Gasteiger partial charge in [0, 0.05) is 6.20 Å². The van der Waals surface area contributed by atoms with Gasteiger partial charge in [-0.1, -0.05) is 6.07 Å². The zero-order chi connectivity index (χ0) is 9.14. The second-order valence-corrected chi connectivity index (χ2v) is 2.07. The number of aliphatic carboxylic acids is 1. The van der Waals surface area contributed by atoms with Gasteiger partial charge in [0.15, 0.2) is 0 Å². The first-order valence-corrected chi connectivity index (χ1v) is 3.13. The molecule has 0 aromatic carbocycles. The lowest BCUT2D eigenvalue weighted by Crippen LogP contribution is -2.30. The minimum Gasteiger partial charge on any atom is -0.474 e. The van der Waals surface area contributed by atoms with Gasteiger partial charge in [0.05, 0.1) is 0 Å². The fraction of sp³-hybridized carbons (Fsp3) is 0. The molecule has 0 atom stereocenters. The van der Waals surface area contributed by atoms with Crippen molar-refractivity contribution in [1.29, 1.82) is 5.41 Å². The molecule has 62 valence electrons. The molecule has 0 amide bonds. The molecule has 0 fully saturated rings. The van der Waals surface area contributed by atoms with E-state index in [-0.39, 0.29) is 5.49 Å². The number of nitrogens with one attached hydrogen (secondary N) is 1. The third-order valence-corrected chi connectivity index (χ3v) is 1.26. The molecule has 12 heavy (non-hydrogen) atoms. The van der Waals surface area contributed by atoms with Crippen LogP contribution in [-0.4, -0.2) is 21.6 Å². The van der Waals surface area contributed by atoms with Gasteiger partial charge in [-0.05, 0) is 12.1 Å². The quantitative estimate of drug-likeness (QED) is 0.518. The highest BCUT2D eigenvalue weighted by Gasteiger charge is 2.12. The van der Waals surface area contributed by atoms with E-state index in [0.29, 0.717) is 0 Å². The molecule has 5 heteroatoms. The molecule has 1 rings (SSSR count). The van der Waals surface area contributed by atoms with Gasteiger partial charge >= 0.3 is 11.9 Å². The van der Waals surface area contributed by atoms with Gasteiger partial charge in [-0.3, -0.25) is 14.8 Å². The summed E-state index contributed by atoms with van der Waals surface area (Å²) in [6.07, 6.45) is 1.23. The first-order valence-electron chi connectivity index (χ1n) is 3.13. The summed E-state index contributed by atoms with van der Waals surface area (Å²) in [5.41, 5.74) is -0.148. The Morgan fingerprint density at radius 3 is 2.58 bits per heavy atom. The van der Waals surface area contributed by atoms with E-state index in [0.717, 1.165) is 4.57 Å². The summed E-state index contributed by atoms with van der Waals surface area (Å²) in [5.74, 6) is -2.69. The maximum absolute atomic E-state index is 10.8. The van der Waals surface area contributed by atoms with Crippen molar-refractivity contribution in [3.8, 4) is 0 Å². The first kappa shape index (κ1) is 8.19. The molecule has 1 aromatic heterocycles. The number of pyridine rings is 1. The first-order chi connectivity index (χ1) is 5.63. The molecule has 1 aromatic rings. The van der Waals surface area contributed by atoms with Crippen molar-refractivity contribution >= 4 is 11.9 Å². The highest BCUT2D eigenvalue weighted by molar-refractivity contribution is 6.32. The van der Waals surface area contributed by atoms with Gasteiger partial charge in [-0.2, -0.15) is 0 Å². The van der Waals surface area contributed by atoms with Crippen LogP contribution in [0.25, 0.3) is 0 Å². The normalized spacial score (nSPS) is 9.33. The second kappa shape index (κ2) is 3.00. The Labute approximate surface area is 67.4 Å². The monoisotopic (exact) mass is 166 g/mol. The number of carboxylic acids is 1. The molecular weight excluding hydrogens is 160 g/mol. The van der Waals surface area contributed by atoms with Gasteiger partial charge in [-0.25, -0.2) is 4.79 Å². The molecule has 5 nitrogen and oxygen atoms in total. The van der Waals surface area contributed by atoms with Crippen molar-refractivity contribution in [3.05, 3.63) is 29.9 Å². The Hall–Kier alpha value is -1.91. The lowest BCUT2D eigenvalue weighted by atomic mass is 10.4. The minimum absolute atomic E-state index is 0.148. The average molecular weight is 166 g/mol. The molecular formula is C7H6N2O3. The van der Waals surface area contributed by atoms with Crippen molar-refractivity contribution in [2.45, 2.75) is 0 Å². The van der Waals surface area contributed by atoms with Gasteiger partial charge in [0.1, 0.15) is 5.49 Å². The van der Waals surface area contributed by atoms with E-state index in [1.807, 2.05) is 0 Å². The highest BCUT2D eigenvalue weighted by atomic mass is 16.4. The summed E-state index contributed by atoms with van der Waals surface area (Å²) in [5, 5.41) is 15.5. The molecule has 0 saturated carbocycles. The number of hydrogen-bond acceptors (Lipinski definition) is 3. The van der Waals surface area contributed by atoms with Crippen LogP contribution in [0.1, 0.15) is 4.79 Å². The van der Waals surface area contributed by atoms with Gasteiger partial charge in [0.25, 0.3) is 0 Å². The zero-order valence-electron chi connectivity index (χ0n) is 6.02. The van der Waals surface area contributed by atoms with Crippen LogP contribution >= 0.6 is 0 Å². The largest absolute Gasteiger partial charge is 0.474 e. The molecule has 0 radical (unpaired) electrons. The van der Waals surface area contributed by atoms with Crippen LogP contribution in [0.4, 0.5) is 0 Å². The number of carboxylic acid groups (broad SMARTS) is 1. The van der Waals surface area contributed by atoms with E-state index in [1.54, 1.807) is 6.07 Å². The fourth-order valence-electron chi connectivity index (χ4n) is 0.723. The van der Waals surface area contributed by atoms with E-state index in [2.05, 4.69) is 0 Å².